The molecule has 2 heteroatoms. The van der Waals surface area contributed by atoms with E-state index in [0.29, 0.717) is 0 Å². The summed E-state index contributed by atoms with van der Waals surface area (Å²) in [6.45, 7) is 7.34. The minimum absolute atomic E-state index is 1.000. The molecule has 1 aromatic carbocycles. The van der Waals surface area contributed by atoms with Crippen LogP contribution in [-0.4, -0.2) is 29.1 Å². The average Bonchev–Trinajstić information content (AvgIpc) is 2.93. The third kappa shape index (κ3) is 3.68. The van der Waals surface area contributed by atoms with Gasteiger partial charge in [-0.15, -0.1) is 0 Å². The van der Waals surface area contributed by atoms with Crippen LogP contribution in [0.3, 0.4) is 0 Å². The number of nitrogens with zero attached hydrogens (tertiary/aromatic N) is 2. The van der Waals surface area contributed by atoms with Crippen molar-refractivity contribution >= 4 is 10.9 Å². The Bertz CT molecular complexity index is 549. The van der Waals surface area contributed by atoms with E-state index in [9.17, 15) is 0 Å². The van der Waals surface area contributed by atoms with Crippen LogP contribution >= 0.6 is 0 Å². The fraction of sp³-hybridized carbons (Fsp3) is 0.579. The Balaban J connectivity index is 1.44. The molecule has 2 heterocycles. The van der Waals surface area contributed by atoms with Crippen molar-refractivity contribution in [2.45, 2.75) is 45.6 Å². The molecule has 3 rings (SSSR count). The van der Waals surface area contributed by atoms with Crippen molar-refractivity contribution in [1.29, 1.82) is 0 Å². The zero-order valence-corrected chi connectivity index (χ0v) is 13.3. The molecule has 1 fully saturated rings. The second-order valence-electron chi connectivity index (χ2n) is 6.50. The molecule has 1 aromatic heterocycles. The van der Waals surface area contributed by atoms with Gasteiger partial charge in [-0.2, -0.15) is 0 Å². The van der Waals surface area contributed by atoms with Crippen LogP contribution in [0.25, 0.3) is 10.9 Å². The van der Waals surface area contributed by atoms with Crippen molar-refractivity contribution in [2.24, 2.45) is 5.92 Å². The fourth-order valence-electron chi connectivity index (χ4n) is 3.71. The van der Waals surface area contributed by atoms with E-state index in [0.717, 1.165) is 12.5 Å². The van der Waals surface area contributed by atoms with Crippen molar-refractivity contribution in [2.75, 3.05) is 19.6 Å². The zero-order valence-electron chi connectivity index (χ0n) is 13.3. The Hall–Kier alpha value is -1.28. The molecule has 1 aliphatic heterocycles. The van der Waals surface area contributed by atoms with E-state index in [-0.39, 0.29) is 0 Å². The number of likely N-dealkylation sites (tertiary alicyclic amines) is 1. The van der Waals surface area contributed by atoms with Gasteiger partial charge >= 0.3 is 0 Å². The number of hydrogen-bond donors (Lipinski definition) is 0. The smallest absolute Gasteiger partial charge is 0.0480 e. The van der Waals surface area contributed by atoms with Crippen molar-refractivity contribution in [3.8, 4) is 0 Å². The SMILES string of the molecule is CCCC1CCN(CCCn2ccc3ccccc32)CC1. The molecule has 0 radical (unpaired) electrons. The molecule has 114 valence electrons. The highest BCUT2D eigenvalue weighted by Crippen LogP contribution is 2.22. The van der Waals surface area contributed by atoms with E-state index >= 15 is 0 Å². The molecule has 0 N–H and O–H groups in total. The number of rotatable bonds is 6. The molecule has 1 saturated heterocycles. The summed E-state index contributed by atoms with van der Waals surface area (Å²) < 4.78 is 2.40. The maximum Gasteiger partial charge on any atom is 0.0480 e. The summed E-state index contributed by atoms with van der Waals surface area (Å²) in [5, 5.41) is 1.36. The molecular weight excluding hydrogens is 256 g/mol. The van der Waals surface area contributed by atoms with Crippen LogP contribution in [0.15, 0.2) is 36.5 Å². The largest absolute Gasteiger partial charge is 0.347 e. The van der Waals surface area contributed by atoms with Gasteiger partial charge in [0.15, 0.2) is 0 Å². The van der Waals surface area contributed by atoms with Crippen LogP contribution in [-0.2, 0) is 6.54 Å². The lowest BCUT2D eigenvalue weighted by molar-refractivity contribution is 0.175. The molecule has 0 atom stereocenters. The zero-order chi connectivity index (χ0) is 14.5. The highest BCUT2D eigenvalue weighted by atomic mass is 15.1. The van der Waals surface area contributed by atoms with Gasteiger partial charge in [0.25, 0.3) is 0 Å². The Kier molecular flexibility index (Phi) is 4.97. The monoisotopic (exact) mass is 284 g/mol. The number of fused-ring (bicyclic) bond motifs is 1. The maximum atomic E-state index is 2.66. The van der Waals surface area contributed by atoms with Crippen LogP contribution < -0.4 is 0 Å². The number of piperidine rings is 1. The Morgan fingerprint density at radius 3 is 2.67 bits per heavy atom. The molecule has 0 spiro atoms. The number of hydrogen-bond acceptors (Lipinski definition) is 1. The summed E-state index contributed by atoms with van der Waals surface area (Å²) in [5.41, 5.74) is 1.37. The van der Waals surface area contributed by atoms with E-state index in [1.165, 1.54) is 62.6 Å². The van der Waals surface area contributed by atoms with Gasteiger partial charge in [-0.1, -0.05) is 38.0 Å². The first-order chi connectivity index (χ1) is 10.4. The fourth-order valence-corrected chi connectivity index (χ4v) is 3.71. The molecule has 0 unspecified atom stereocenters. The maximum absolute atomic E-state index is 2.66. The normalized spacial score (nSPS) is 17.6. The van der Waals surface area contributed by atoms with Gasteiger partial charge < -0.3 is 9.47 Å². The molecule has 0 bridgehead atoms. The lowest BCUT2D eigenvalue weighted by Gasteiger charge is -2.31. The number of para-hydroxylation sites is 1. The van der Waals surface area contributed by atoms with E-state index in [4.69, 9.17) is 0 Å². The average molecular weight is 284 g/mol. The second-order valence-corrected chi connectivity index (χ2v) is 6.50. The Morgan fingerprint density at radius 1 is 1.05 bits per heavy atom. The third-order valence-electron chi connectivity index (χ3n) is 4.96. The lowest BCUT2D eigenvalue weighted by atomic mass is 9.92. The highest BCUT2D eigenvalue weighted by Gasteiger charge is 2.17. The van der Waals surface area contributed by atoms with E-state index < -0.39 is 0 Å². The van der Waals surface area contributed by atoms with Gasteiger partial charge in [0, 0.05) is 18.3 Å². The predicted molar refractivity (Wildman–Crippen MR) is 90.6 cm³/mol. The summed E-state index contributed by atoms with van der Waals surface area (Å²) in [4.78, 5) is 2.66. The third-order valence-corrected chi connectivity index (χ3v) is 4.96. The molecule has 0 amide bonds. The first-order valence-electron chi connectivity index (χ1n) is 8.63. The first-order valence-corrected chi connectivity index (χ1v) is 8.63. The second kappa shape index (κ2) is 7.13. The van der Waals surface area contributed by atoms with Crippen LogP contribution in [0.5, 0.6) is 0 Å². The quantitative estimate of drug-likeness (QED) is 0.756. The van der Waals surface area contributed by atoms with Gasteiger partial charge in [-0.05, 0) is 62.3 Å². The molecule has 2 nitrogen and oxygen atoms in total. The van der Waals surface area contributed by atoms with Gasteiger partial charge in [0.1, 0.15) is 0 Å². The standard InChI is InChI=1S/C19H28N2/c1-2-6-17-9-14-20(15-10-17)12-5-13-21-16-11-18-7-3-4-8-19(18)21/h3-4,7-8,11,16-17H,2,5-6,9-10,12-15H2,1H3. The molecule has 21 heavy (non-hydrogen) atoms. The van der Waals surface area contributed by atoms with Crippen molar-refractivity contribution in [1.82, 2.24) is 9.47 Å². The first kappa shape index (κ1) is 14.6. The number of aryl methyl sites for hydroxylation is 1. The molecule has 0 aliphatic carbocycles. The molecule has 2 aromatic rings. The topological polar surface area (TPSA) is 8.17 Å². The van der Waals surface area contributed by atoms with Gasteiger partial charge in [0.2, 0.25) is 0 Å². The van der Waals surface area contributed by atoms with Gasteiger partial charge in [0.05, 0.1) is 0 Å². The van der Waals surface area contributed by atoms with Crippen molar-refractivity contribution in [3.05, 3.63) is 36.5 Å². The van der Waals surface area contributed by atoms with Crippen LogP contribution in [0, 0.1) is 5.92 Å². The van der Waals surface area contributed by atoms with Gasteiger partial charge in [-0.25, -0.2) is 0 Å². The van der Waals surface area contributed by atoms with Crippen molar-refractivity contribution < 1.29 is 0 Å². The van der Waals surface area contributed by atoms with Crippen LogP contribution in [0.1, 0.15) is 39.0 Å². The summed E-state index contributed by atoms with van der Waals surface area (Å²) in [5.74, 6) is 1.000. The minimum Gasteiger partial charge on any atom is -0.347 e. The van der Waals surface area contributed by atoms with Gasteiger partial charge in [-0.3, -0.25) is 0 Å². The Labute approximate surface area is 128 Å². The highest BCUT2D eigenvalue weighted by molar-refractivity contribution is 5.79. The van der Waals surface area contributed by atoms with Crippen LogP contribution in [0.2, 0.25) is 0 Å². The lowest BCUT2D eigenvalue weighted by Crippen LogP contribution is -2.34. The van der Waals surface area contributed by atoms with Crippen molar-refractivity contribution in [3.63, 3.8) is 0 Å². The molecule has 1 aliphatic rings. The summed E-state index contributed by atoms with van der Waals surface area (Å²) in [6, 6.07) is 10.9. The molecular formula is C19H28N2. The van der Waals surface area contributed by atoms with Crippen LogP contribution in [0.4, 0.5) is 0 Å². The van der Waals surface area contributed by atoms with E-state index in [1.54, 1.807) is 0 Å². The van der Waals surface area contributed by atoms with E-state index in [2.05, 4.69) is 52.9 Å². The number of aromatic nitrogens is 1. The predicted octanol–water partition coefficient (Wildman–Crippen LogP) is 4.54. The minimum atomic E-state index is 1.000. The molecule has 0 saturated carbocycles. The summed E-state index contributed by atoms with van der Waals surface area (Å²) >= 11 is 0. The Morgan fingerprint density at radius 2 is 1.86 bits per heavy atom. The summed E-state index contributed by atoms with van der Waals surface area (Å²) in [7, 11) is 0. The summed E-state index contributed by atoms with van der Waals surface area (Å²) in [6.07, 6.45) is 9.12. The van der Waals surface area contributed by atoms with E-state index in [1.807, 2.05) is 0 Å². The number of benzene rings is 1.